The van der Waals surface area contributed by atoms with Crippen molar-refractivity contribution in [3.05, 3.63) is 70.0 Å². The van der Waals surface area contributed by atoms with Crippen molar-refractivity contribution in [3.8, 4) is 0 Å². The van der Waals surface area contributed by atoms with Gasteiger partial charge in [-0.2, -0.15) is 0 Å². The third-order valence-electron chi connectivity index (χ3n) is 3.14. The van der Waals surface area contributed by atoms with Gasteiger partial charge in [-0.25, -0.2) is 4.39 Å². The van der Waals surface area contributed by atoms with Crippen molar-refractivity contribution in [1.82, 2.24) is 5.32 Å². The number of carbonyl (C=O) groups is 1. The fourth-order valence-electron chi connectivity index (χ4n) is 1.97. The molecule has 1 N–H and O–H groups in total. The van der Waals surface area contributed by atoms with Crippen LogP contribution in [0, 0.1) is 12.7 Å². The third-order valence-corrected chi connectivity index (χ3v) is 3.38. The highest BCUT2D eigenvalue weighted by atomic mass is 35.5. The second-order valence-electron chi connectivity index (χ2n) is 4.71. The molecular formula is C16H15ClFNO. The summed E-state index contributed by atoms with van der Waals surface area (Å²) in [6.07, 6.45) is 0. The van der Waals surface area contributed by atoms with Crippen LogP contribution >= 0.6 is 11.6 Å². The van der Waals surface area contributed by atoms with Gasteiger partial charge in [-0.15, -0.1) is 0 Å². The summed E-state index contributed by atoms with van der Waals surface area (Å²) in [5, 5.41) is 3.46. The van der Waals surface area contributed by atoms with Crippen molar-refractivity contribution in [3.63, 3.8) is 0 Å². The zero-order valence-electron chi connectivity index (χ0n) is 11.3. The molecule has 0 aliphatic heterocycles. The van der Waals surface area contributed by atoms with Gasteiger partial charge < -0.3 is 5.32 Å². The summed E-state index contributed by atoms with van der Waals surface area (Å²) in [6.45, 7) is 3.64. The first-order valence-corrected chi connectivity index (χ1v) is 6.67. The van der Waals surface area contributed by atoms with Crippen molar-refractivity contribution in [2.75, 3.05) is 0 Å². The summed E-state index contributed by atoms with van der Waals surface area (Å²) >= 11 is 5.93. The van der Waals surface area contributed by atoms with Crippen LogP contribution in [0.4, 0.5) is 4.39 Å². The van der Waals surface area contributed by atoms with Crippen molar-refractivity contribution < 1.29 is 9.18 Å². The van der Waals surface area contributed by atoms with Crippen LogP contribution in [0.1, 0.15) is 34.5 Å². The molecule has 0 spiro atoms. The van der Waals surface area contributed by atoms with E-state index in [1.165, 1.54) is 12.1 Å². The molecule has 2 rings (SSSR count). The zero-order chi connectivity index (χ0) is 14.7. The third kappa shape index (κ3) is 3.36. The van der Waals surface area contributed by atoms with E-state index in [4.69, 9.17) is 11.6 Å². The van der Waals surface area contributed by atoms with Crippen molar-refractivity contribution >= 4 is 17.5 Å². The normalized spacial score (nSPS) is 12.0. The Balaban J connectivity index is 2.17. The van der Waals surface area contributed by atoms with E-state index in [0.717, 1.165) is 11.1 Å². The summed E-state index contributed by atoms with van der Waals surface area (Å²) < 4.78 is 13.2. The molecule has 0 aromatic heterocycles. The van der Waals surface area contributed by atoms with Crippen LogP contribution in [0.5, 0.6) is 0 Å². The first-order valence-electron chi connectivity index (χ1n) is 6.30. The van der Waals surface area contributed by atoms with Gasteiger partial charge in [0.2, 0.25) is 0 Å². The maximum absolute atomic E-state index is 13.2. The molecule has 2 aromatic rings. The van der Waals surface area contributed by atoms with E-state index >= 15 is 0 Å². The Morgan fingerprint density at radius 3 is 2.70 bits per heavy atom. The van der Waals surface area contributed by atoms with Crippen molar-refractivity contribution in [1.29, 1.82) is 0 Å². The van der Waals surface area contributed by atoms with Crippen LogP contribution in [0.15, 0.2) is 42.5 Å². The molecule has 0 radical (unpaired) electrons. The second-order valence-corrected chi connectivity index (χ2v) is 5.15. The number of aryl methyl sites for hydroxylation is 1. The molecule has 104 valence electrons. The highest BCUT2D eigenvalue weighted by molar-refractivity contribution is 6.30. The summed E-state index contributed by atoms with van der Waals surface area (Å²) in [7, 11) is 0. The van der Waals surface area contributed by atoms with Crippen LogP contribution in [-0.2, 0) is 0 Å². The molecule has 4 heteroatoms. The largest absolute Gasteiger partial charge is 0.346 e. The minimum Gasteiger partial charge on any atom is -0.346 e. The van der Waals surface area contributed by atoms with Gasteiger partial charge in [0.15, 0.2) is 0 Å². The van der Waals surface area contributed by atoms with Crippen LogP contribution in [0.25, 0.3) is 0 Å². The predicted octanol–water partition coefficient (Wildman–Crippen LogP) is 4.28. The highest BCUT2D eigenvalue weighted by Gasteiger charge is 2.14. The number of rotatable bonds is 3. The number of hydrogen-bond donors (Lipinski definition) is 1. The maximum atomic E-state index is 13.2. The van der Waals surface area contributed by atoms with E-state index in [0.29, 0.717) is 10.6 Å². The van der Waals surface area contributed by atoms with E-state index < -0.39 is 5.82 Å². The van der Waals surface area contributed by atoms with Gasteiger partial charge in [0.05, 0.1) is 6.04 Å². The van der Waals surface area contributed by atoms with Gasteiger partial charge in [-0.1, -0.05) is 29.8 Å². The van der Waals surface area contributed by atoms with E-state index in [9.17, 15) is 9.18 Å². The molecule has 20 heavy (non-hydrogen) atoms. The predicted molar refractivity (Wildman–Crippen MR) is 78.5 cm³/mol. The Morgan fingerprint density at radius 1 is 1.25 bits per heavy atom. The standard InChI is InChI=1S/C16H15ClFNO/c1-10-6-7-14(18)9-15(10)16(20)19-11(2)12-4-3-5-13(17)8-12/h3-9,11H,1-2H3,(H,19,20). The number of amides is 1. The Kier molecular flexibility index (Phi) is 4.40. The molecule has 0 heterocycles. The van der Waals surface area contributed by atoms with Crippen LogP contribution in [-0.4, -0.2) is 5.91 Å². The lowest BCUT2D eigenvalue weighted by Crippen LogP contribution is -2.27. The van der Waals surface area contributed by atoms with Gasteiger partial charge >= 0.3 is 0 Å². The van der Waals surface area contributed by atoms with E-state index in [-0.39, 0.29) is 11.9 Å². The quantitative estimate of drug-likeness (QED) is 0.898. The molecule has 0 saturated heterocycles. The van der Waals surface area contributed by atoms with Gasteiger partial charge in [-0.3, -0.25) is 4.79 Å². The number of carbonyl (C=O) groups excluding carboxylic acids is 1. The second kappa shape index (κ2) is 6.06. The van der Waals surface area contributed by atoms with Crippen LogP contribution in [0.3, 0.4) is 0 Å². The Bertz CT molecular complexity index is 642. The SMILES string of the molecule is Cc1ccc(F)cc1C(=O)NC(C)c1cccc(Cl)c1. The topological polar surface area (TPSA) is 29.1 Å². The van der Waals surface area contributed by atoms with Crippen molar-refractivity contribution in [2.45, 2.75) is 19.9 Å². The molecule has 0 bridgehead atoms. The monoisotopic (exact) mass is 291 g/mol. The van der Waals surface area contributed by atoms with Crippen LogP contribution in [0.2, 0.25) is 5.02 Å². The molecule has 0 aliphatic carbocycles. The number of benzene rings is 2. The lowest BCUT2D eigenvalue weighted by Gasteiger charge is -2.15. The number of hydrogen-bond acceptors (Lipinski definition) is 1. The molecular weight excluding hydrogens is 277 g/mol. The van der Waals surface area contributed by atoms with E-state index in [1.807, 2.05) is 19.1 Å². The Labute approximate surface area is 122 Å². The number of nitrogens with one attached hydrogen (secondary N) is 1. The first-order chi connectivity index (χ1) is 9.47. The molecule has 2 aromatic carbocycles. The molecule has 0 fully saturated rings. The highest BCUT2D eigenvalue weighted by Crippen LogP contribution is 2.18. The summed E-state index contributed by atoms with van der Waals surface area (Å²) in [5.41, 5.74) is 1.99. The lowest BCUT2D eigenvalue weighted by atomic mass is 10.1. The fraction of sp³-hybridized carbons (Fsp3) is 0.188. The minimum atomic E-state index is -0.420. The maximum Gasteiger partial charge on any atom is 0.252 e. The summed E-state index contributed by atoms with van der Waals surface area (Å²) in [5.74, 6) is -0.717. The van der Waals surface area contributed by atoms with Gasteiger partial charge in [0.1, 0.15) is 5.82 Å². The molecule has 2 nitrogen and oxygen atoms in total. The molecule has 1 atom stereocenters. The van der Waals surface area contributed by atoms with E-state index in [2.05, 4.69) is 5.32 Å². The Morgan fingerprint density at radius 2 is 2.00 bits per heavy atom. The summed E-state index contributed by atoms with van der Waals surface area (Å²) in [4.78, 5) is 12.2. The first kappa shape index (κ1) is 14.5. The zero-order valence-corrected chi connectivity index (χ0v) is 12.0. The molecule has 1 unspecified atom stereocenters. The van der Waals surface area contributed by atoms with Gasteiger partial charge in [-0.05, 0) is 49.2 Å². The lowest BCUT2D eigenvalue weighted by molar-refractivity contribution is 0.0939. The number of halogens is 2. The Hall–Kier alpha value is -1.87. The van der Waals surface area contributed by atoms with Crippen molar-refractivity contribution in [2.24, 2.45) is 0 Å². The summed E-state index contributed by atoms with van der Waals surface area (Å²) in [6, 6.07) is 11.3. The molecule has 0 saturated carbocycles. The van der Waals surface area contributed by atoms with Gasteiger partial charge in [0, 0.05) is 10.6 Å². The molecule has 1 amide bonds. The fourth-order valence-corrected chi connectivity index (χ4v) is 2.17. The van der Waals surface area contributed by atoms with Crippen LogP contribution < -0.4 is 5.32 Å². The molecule has 0 aliphatic rings. The minimum absolute atomic E-state index is 0.205. The van der Waals surface area contributed by atoms with Gasteiger partial charge in [0.25, 0.3) is 5.91 Å². The van der Waals surface area contributed by atoms with E-state index in [1.54, 1.807) is 25.1 Å². The average molecular weight is 292 g/mol. The smallest absolute Gasteiger partial charge is 0.252 e. The average Bonchev–Trinajstić information content (AvgIpc) is 2.41.